The van der Waals surface area contributed by atoms with Crippen LogP contribution in [-0.2, 0) is 20.4 Å². The number of ether oxygens (including phenoxy) is 3. The Morgan fingerprint density at radius 1 is 0.971 bits per heavy atom. The maximum absolute atomic E-state index is 14.0. The minimum Gasteiger partial charge on any atom is -0.482 e. The van der Waals surface area contributed by atoms with Crippen molar-refractivity contribution < 1.29 is 36.6 Å². The van der Waals surface area contributed by atoms with Crippen LogP contribution >= 0.6 is 0 Å². The first-order chi connectivity index (χ1) is 16.8. The van der Waals surface area contributed by atoms with Gasteiger partial charge in [0.15, 0.2) is 6.61 Å². The topological polar surface area (TPSA) is 75.0 Å². The minimum atomic E-state index is -4.93. The summed E-state index contributed by atoms with van der Waals surface area (Å²) in [5.41, 5.74) is -1.57. The van der Waals surface area contributed by atoms with Crippen molar-refractivity contribution in [1.82, 2.24) is 0 Å². The highest BCUT2D eigenvalue weighted by molar-refractivity contribution is 5.98. The van der Waals surface area contributed by atoms with E-state index in [4.69, 9.17) is 18.6 Å². The molecule has 0 aliphatic carbocycles. The Bertz CT molecular complexity index is 1420. The first-order valence-corrected chi connectivity index (χ1v) is 10.8. The summed E-state index contributed by atoms with van der Waals surface area (Å²) in [5, 5.41) is 1.14. The summed E-state index contributed by atoms with van der Waals surface area (Å²) in [4.78, 5) is 25.1. The minimum absolute atomic E-state index is 0.0485. The number of carbonyl (C=O) groups excluding carboxylic acids is 1. The van der Waals surface area contributed by atoms with E-state index in [0.29, 0.717) is 17.4 Å². The molecule has 0 aliphatic heterocycles. The molecule has 0 unspecified atom stereocenters. The van der Waals surface area contributed by atoms with Crippen molar-refractivity contribution in [3.05, 3.63) is 76.6 Å². The Morgan fingerprint density at radius 2 is 1.74 bits per heavy atom. The molecule has 0 bridgehead atoms. The van der Waals surface area contributed by atoms with Crippen LogP contribution in [0.4, 0.5) is 13.2 Å². The highest BCUT2D eigenvalue weighted by Crippen LogP contribution is 2.39. The van der Waals surface area contributed by atoms with Crippen LogP contribution in [0.3, 0.4) is 0 Å². The van der Waals surface area contributed by atoms with Gasteiger partial charge in [-0.05, 0) is 35.4 Å². The van der Waals surface area contributed by atoms with Gasteiger partial charge in [-0.25, -0.2) is 4.79 Å². The maximum Gasteiger partial charge on any atom is 0.450 e. The van der Waals surface area contributed by atoms with Crippen LogP contribution in [0.5, 0.6) is 5.75 Å². The number of rotatable bonds is 8. The van der Waals surface area contributed by atoms with Gasteiger partial charge >= 0.3 is 12.1 Å². The van der Waals surface area contributed by atoms with Crippen molar-refractivity contribution in [3.8, 4) is 16.9 Å². The number of fused-ring (bicyclic) bond motifs is 2. The summed E-state index contributed by atoms with van der Waals surface area (Å²) >= 11 is 0. The van der Waals surface area contributed by atoms with Crippen LogP contribution in [0.15, 0.2) is 69.9 Å². The average Bonchev–Trinajstić information content (AvgIpc) is 2.84. The van der Waals surface area contributed by atoms with Crippen LogP contribution in [-0.4, -0.2) is 32.4 Å². The number of hydrogen-bond acceptors (Lipinski definition) is 6. The highest BCUT2D eigenvalue weighted by Gasteiger charge is 2.39. The van der Waals surface area contributed by atoms with Gasteiger partial charge in [0, 0.05) is 12.7 Å². The summed E-state index contributed by atoms with van der Waals surface area (Å²) in [7, 11) is 0. The molecule has 0 N–H and O–H groups in total. The van der Waals surface area contributed by atoms with Crippen LogP contribution in [0.25, 0.3) is 32.9 Å². The van der Waals surface area contributed by atoms with E-state index in [0.717, 1.165) is 6.07 Å². The van der Waals surface area contributed by atoms with Gasteiger partial charge in [0.05, 0.1) is 17.6 Å². The van der Waals surface area contributed by atoms with Gasteiger partial charge in [0.1, 0.15) is 17.9 Å². The Morgan fingerprint density at radius 3 is 2.51 bits per heavy atom. The molecule has 4 rings (SSSR count). The number of benzene rings is 3. The standard InChI is InChI=1S/C26H21F3O6/c1-2-32-12-13-33-22(30)15-34-17-10-11-20-21(14-17)35-25(26(27,28)29)23(24(20)31)19-9-5-7-16-6-3-4-8-18(16)19/h3-11,14H,2,12-13,15H2,1H3. The lowest BCUT2D eigenvalue weighted by Gasteiger charge is -2.15. The molecule has 0 atom stereocenters. The van der Waals surface area contributed by atoms with Gasteiger partial charge in [-0.3, -0.25) is 4.79 Å². The lowest BCUT2D eigenvalue weighted by atomic mass is 9.96. The Balaban J connectivity index is 1.72. The molecule has 6 nitrogen and oxygen atoms in total. The molecule has 0 fully saturated rings. The van der Waals surface area contributed by atoms with Crippen LogP contribution in [0.2, 0.25) is 0 Å². The third kappa shape index (κ3) is 5.30. The predicted molar refractivity (Wildman–Crippen MR) is 123 cm³/mol. The van der Waals surface area contributed by atoms with Gasteiger partial charge in [-0.1, -0.05) is 42.5 Å². The fourth-order valence-electron chi connectivity index (χ4n) is 3.69. The Kier molecular flexibility index (Phi) is 7.07. The van der Waals surface area contributed by atoms with Crippen molar-refractivity contribution in [2.45, 2.75) is 13.1 Å². The van der Waals surface area contributed by atoms with Crippen molar-refractivity contribution in [3.63, 3.8) is 0 Å². The number of alkyl halides is 3. The number of esters is 1. The largest absolute Gasteiger partial charge is 0.482 e. The monoisotopic (exact) mass is 486 g/mol. The molecule has 0 saturated carbocycles. The number of halogens is 3. The summed E-state index contributed by atoms with van der Waals surface area (Å²) < 4.78 is 62.6. The normalized spacial score (nSPS) is 11.7. The van der Waals surface area contributed by atoms with Crippen LogP contribution < -0.4 is 10.2 Å². The molecule has 35 heavy (non-hydrogen) atoms. The molecule has 0 spiro atoms. The van der Waals surface area contributed by atoms with E-state index in [1.54, 1.807) is 43.3 Å². The van der Waals surface area contributed by atoms with Gasteiger partial charge < -0.3 is 18.6 Å². The second-order valence-corrected chi connectivity index (χ2v) is 7.52. The molecule has 1 aromatic heterocycles. The second kappa shape index (κ2) is 10.2. The van der Waals surface area contributed by atoms with Gasteiger partial charge in [-0.2, -0.15) is 13.2 Å². The van der Waals surface area contributed by atoms with Crippen molar-refractivity contribution in [2.75, 3.05) is 26.4 Å². The zero-order chi connectivity index (χ0) is 25.0. The molecule has 1 heterocycles. The van der Waals surface area contributed by atoms with E-state index >= 15 is 0 Å². The lowest BCUT2D eigenvalue weighted by molar-refractivity contribution is -0.152. The van der Waals surface area contributed by atoms with Crippen LogP contribution in [0.1, 0.15) is 12.7 Å². The van der Waals surface area contributed by atoms with Gasteiger partial charge in [0.2, 0.25) is 11.2 Å². The van der Waals surface area contributed by atoms with E-state index in [1.165, 1.54) is 18.2 Å². The third-order valence-electron chi connectivity index (χ3n) is 5.23. The lowest BCUT2D eigenvalue weighted by Crippen LogP contribution is -2.18. The predicted octanol–water partition coefficient (Wildman–Crippen LogP) is 5.59. The molecule has 4 aromatic rings. The second-order valence-electron chi connectivity index (χ2n) is 7.52. The van der Waals surface area contributed by atoms with Gasteiger partial charge in [0.25, 0.3) is 0 Å². The molecule has 3 aromatic carbocycles. The summed E-state index contributed by atoms with van der Waals surface area (Å²) in [6, 6.07) is 15.5. The number of hydrogen-bond donors (Lipinski definition) is 0. The zero-order valence-corrected chi connectivity index (χ0v) is 18.7. The number of carbonyl (C=O) groups is 1. The average molecular weight is 486 g/mol. The molecule has 182 valence electrons. The highest BCUT2D eigenvalue weighted by atomic mass is 19.4. The van der Waals surface area contributed by atoms with E-state index in [9.17, 15) is 22.8 Å². The fraction of sp³-hybridized carbons (Fsp3) is 0.231. The molecule has 0 saturated heterocycles. The quantitative estimate of drug-likeness (QED) is 0.239. The first-order valence-electron chi connectivity index (χ1n) is 10.8. The Hall–Kier alpha value is -3.85. The van der Waals surface area contributed by atoms with E-state index in [1.807, 2.05) is 0 Å². The Labute approximate surface area is 197 Å². The molecule has 0 aliphatic rings. The first kappa shape index (κ1) is 24.3. The van der Waals surface area contributed by atoms with E-state index in [2.05, 4.69) is 0 Å². The molecule has 0 amide bonds. The van der Waals surface area contributed by atoms with Crippen LogP contribution in [0, 0.1) is 0 Å². The summed E-state index contributed by atoms with van der Waals surface area (Å²) in [6.45, 7) is 2.11. The summed E-state index contributed by atoms with van der Waals surface area (Å²) in [6.07, 6.45) is -4.93. The van der Waals surface area contributed by atoms with Crippen molar-refractivity contribution >= 4 is 27.7 Å². The molecular weight excluding hydrogens is 465 g/mol. The molecule has 9 heteroatoms. The van der Waals surface area contributed by atoms with E-state index < -0.39 is 35.5 Å². The van der Waals surface area contributed by atoms with Crippen molar-refractivity contribution in [2.24, 2.45) is 0 Å². The third-order valence-corrected chi connectivity index (χ3v) is 5.23. The van der Waals surface area contributed by atoms with E-state index in [-0.39, 0.29) is 35.5 Å². The smallest absolute Gasteiger partial charge is 0.450 e. The maximum atomic E-state index is 14.0. The molecular formula is C26H21F3O6. The summed E-state index contributed by atoms with van der Waals surface area (Å²) in [5.74, 6) is -2.03. The van der Waals surface area contributed by atoms with Gasteiger partial charge in [-0.15, -0.1) is 0 Å². The fourth-order valence-corrected chi connectivity index (χ4v) is 3.69. The SMILES string of the molecule is CCOCCOC(=O)COc1ccc2c(=O)c(-c3cccc4ccccc34)c(C(F)(F)F)oc2c1. The van der Waals surface area contributed by atoms with Crippen molar-refractivity contribution in [1.29, 1.82) is 0 Å². The zero-order valence-electron chi connectivity index (χ0n) is 18.7. The molecule has 0 radical (unpaired) electrons.